The maximum atomic E-state index is 11.9. The highest BCUT2D eigenvalue weighted by molar-refractivity contribution is 5.76. The molecular weight excluding hydrogens is 294 g/mol. The molecule has 1 aliphatic rings. The van der Waals surface area contributed by atoms with Crippen molar-refractivity contribution in [2.75, 3.05) is 13.1 Å². The predicted octanol–water partition coefficient (Wildman–Crippen LogP) is 6.65. The van der Waals surface area contributed by atoms with E-state index in [9.17, 15) is 4.79 Å². The molecule has 1 rings (SSSR count). The average molecular weight is 336 g/mol. The van der Waals surface area contributed by atoms with Crippen LogP contribution in [-0.4, -0.2) is 23.9 Å². The lowest BCUT2D eigenvalue weighted by Gasteiger charge is -2.14. The normalized spacial score (nSPS) is 14.8. The average Bonchev–Trinajstić information content (AvgIpc) is 3.13. The molecule has 0 saturated carbocycles. The van der Waals surface area contributed by atoms with Gasteiger partial charge in [0.15, 0.2) is 0 Å². The van der Waals surface area contributed by atoms with Gasteiger partial charge in [-0.05, 0) is 38.5 Å². The van der Waals surface area contributed by atoms with E-state index in [-0.39, 0.29) is 0 Å². The molecule has 2 nitrogen and oxygen atoms in total. The number of likely N-dealkylation sites (tertiary alicyclic amines) is 1. The largest absolute Gasteiger partial charge is 0.343 e. The number of rotatable bonds is 15. The molecule has 1 amide bonds. The second kappa shape index (κ2) is 15.7. The molecule has 1 fully saturated rings. The third kappa shape index (κ3) is 11.7. The molecule has 0 aliphatic carbocycles. The van der Waals surface area contributed by atoms with E-state index < -0.39 is 0 Å². The smallest absolute Gasteiger partial charge is 0.222 e. The summed E-state index contributed by atoms with van der Waals surface area (Å²) in [7, 11) is 0. The number of hydrogen-bond acceptors (Lipinski definition) is 1. The monoisotopic (exact) mass is 335 g/mol. The second-order valence-electron chi connectivity index (χ2n) is 7.42. The molecule has 0 atom stereocenters. The van der Waals surface area contributed by atoms with Crippen LogP contribution < -0.4 is 0 Å². The lowest BCUT2D eigenvalue weighted by molar-refractivity contribution is -0.130. The first kappa shape index (κ1) is 21.3. The zero-order valence-corrected chi connectivity index (χ0v) is 16.2. The van der Waals surface area contributed by atoms with Crippen LogP contribution in [0.4, 0.5) is 0 Å². The fraction of sp³-hybridized carbons (Fsp3) is 0.864. The highest BCUT2D eigenvalue weighted by Gasteiger charge is 2.16. The van der Waals surface area contributed by atoms with Crippen molar-refractivity contribution >= 4 is 5.91 Å². The lowest BCUT2D eigenvalue weighted by atomic mass is 10.0. The van der Waals surface area contributed by atoms with Gasteiger partial charge in [-0.1, -0.05) is 76.9 Å². The Labute approximate surface area is 151 Å². The molecule has 0 N–H and O–H groups in total. The summed E-state index contributed by atoms with van der Waals surface area (Å²) in [5.41, 5.74) is 0. The van der Waals surface area contributed by atoms with Crippen molar-refractivity contribution in [1.29, 1.82) is 0 Å². The van der Waals surface area contributed by atoms with Gasteiger partial charge in [-0.2, -0.15) is 0 Å². The predicted molar refractivity (Wildman–Crippen MR) is 105 cm³/mol. The summed E-state index contributed by atoms with van der Waals surface area (Å²) in [5.74, 6) is 0.400. The number of allylic oxidation sites excluding steroid dienone is 2. The third-order valence-corrected chi connectivity index (χ3v) is 5.09. The Morgan fingerprint density at radius 1 is 0.750 bits per heavy atom. The molecular formula is C22H41NO. The first-order valence-corrected chi connectivity index (χ1v) is 10.8. The standard InChI is InChI=1S/C22H41NO/c1-2-3-4-5-6-7-8-9-10-11-12-13-14-15-16-19-22(24)23-20-17-18-21-23/h4-5H,2-3,6-21H2,1H3/b5-4+. The van der Waals surface area contributed by atoms with Crippen molar-refractivity contribution in [3.63, 3.8) is 0 Å². The molecule has 140 valence electrons. The highest BCUT2D eigenvalue weighted by Crippen LogP contribution is 2.14. The minimum atomic E-state index is 0.400. The molecule has 0 aromatic rings. The van der Waals surface area contributed by atoms with Gasteiger partial charge in [-0.15, -0.1) is 0 Å². The Morgan fingerprint density at radius 2 is 1.25 bits per heavy atom. The van der Waals surface area contributed by atoms with Gasteiger partial charge in [0.05, 0.1) is 0 Å². The third-order valence-electron chi connectivity index (χ3n) is 5.09. The molecule has 24 heavy (non-hydrogen) atoms. The first-order valence-electron chi connectivity index (χ1n) is 10.8. The quantitative estimate of drug-likeness (QED) is 0.242. The van der Waals surface area contributed by atoms with Gasteiger partial charge in [-0.3, -0.25) is 4.79 Å². The van der Waals surface area contributed by atoms with Gasteiger partial charge in [0, 0.05) is 19.5 Å². The second-order valence-corrected chi connectivity index (χ2v) is 7.42. The van der Waals surface area contributed by atoms with Crippen LogP contribution in [0.5, 0.6) is 0 Å². The fourth-order valence-electron chi connectivity index (χ4n) is 3.48. The maximum Gasteiger partial charge on any atom is 0.222 e. The first-order chi connectivity index (χ1) is 11.8. The Bertz CT molecular complexity index is 318. The molecule has 0 spiro atoms. The van der Waals surface area contributed by atoms with Gasteiger partial charge in [0.25, 0.3) is 0 Å². The number of carbonyl (C=O) groups is 1. The molecule has 0 aromatic carbocycles. The van der Waals surface area contributed by atoms with Crippen LogP contribution >= 0.6 is 0 Å². The molecule has 0 bridgehead atoms. The SMILES string of the molecule is CCC/C=C/CCCCCCCCCCCCC(=O)N1CCCC1. The Balaban J connectivity index is 1.74. The van der Waals surface area contributed by atoms with Crippen LogP contribution in [0.2, 0.25) is 0 Å². The Kier molecular flexibility index (Phi) is 13.9. The van der Waals surface area contributed by atoms with E-state index in [0.717, 1.165) is 25.9 Å². The van der Waals surface area contributed by atoms with Crippen molar-refractivity contribution in [2.24, 2.45) is 0 Å². The van der Waals surface area contributed by atoms with Crippen molar-refractivity contribution in [2.45, 2.75) is 110 Å². The van der Waals surface area contributed by atoms with E-state index >= 15 is 0 Å². The summed E-state index contributed by atoms with van der Waals surface area (Å²) in [6.07, 6.45) is 25.1. The molecule has 0 radical (unpaired) electrons. The number of nitrogens with zero attached hydrogens (tertiary/aromatic N) is 1. The van der Waals surface area contributed by atoms with Gasteiger partial charge < -0.3 is 4.90 Å². The van der Waals surface area contributed by atoms with Crippen LogP contribution in [0.3, 0.4) is 0 Å². The van der Waals surface area contributed by atoms with Crippen LogP contribution in [-0.2, 0) is 4.79 Å². The number of amides is 1. The van der Waals surface area contributed by atoms with Crippen molar-refractivity contribution in [1.82, 2.24) is 4.90 Å². The topological polar surface area (TPSA) is 20.3 Å². The molecule has 1 saturated heterocycles. The Morgan fingerprint density at radius 3 is 1.83 bits per heavy atom. The van der Waals surface area contributed by atoms with Gasteiger partial charge in [0.1, 0.15) is 0 Å². The number of unbranched alkanes of at least 4 members (excludes halogenated alkanes) is 11. The molecule has 1 aliphatic heterocycles. The van der Waals surface area contributed by atoms with Crippen LogP contribution in [0.25, 0.3) is 0 Å². The van der Waals surface area contributed by atoms with E-state index in [4.69, 9.17) is 0 Å². The molecule has 1 heterocycles. The highest BCUT2D eigenvalue weighted by atomic mass is 16.2. The van der Waals surface area contributed by atoms with Crippen LogP contribution in [0.15, 0.2) is 12.2 Å². The molecule has 0 aromatic heterocycles. The van der Waals surface area contributed by atoms with Gasteiger partial charge >= 0.3 is 0 Å². The van der Waals surface area contributed by atoms with E-state index in [1.165, 1.54) is 89.9 Å². The summed E-state index contributed by atoms with van der Waals surface area (Å²) in [4.78, 5) is 14.0. The summed E-state index contributed by atoms with van der Waals surface area (Å²) < 4.78 is 0. The zero-order chi connectivity index (χ0) is 17.3. The van der Waals surface area contributed by atoms with Crippen molar-refractivity contribution in [3.05, 3.63) is 12.2 Å². The van der Waals surface area contributed by atoms with Gasteiger partial charge in [-0.25, -0.2) is 0 Å². The van der Waals surface area contributed by atoms with E-state index in [1.54, 1.807) is 0 Å². The molecule has 0 unspecified atom stereocenters. The van der Waals surface area contributed by atoms with Crippen molar-refractivity contribution < 1.29 is 4.79 Å². The van der Waals surface area contributed by atoms with E-state index in [0.29, 0.717) is 5.91 Å². The van der Waals surface area contributed by atoms with Crippen molar-refractivity contribution in [3.8, 4) is 0 Å². The van der Waals surface area contributed by atoms with Gasteiger partial charge in [0.2, 0.25) is 5.91 Å². The zero-order valence-electron chi connectivity index (χ0n) is 16.2. The summed E-state index contributed by atoms with van der Waals surface area (Å²) in [5, 5.41) is 0. The Hall–Kier alpha value is -0.790. The minimum absolute atomic E-state index is 0.400. The van der Waals surface area contributed by atoms with E-state index in [2.05, 4.69) is 24.0 Å². The summed E-state index contributed by atoms with van der Waals surface area (Å²) >= 11 is 0. The maximum absolute atomic E-state index is 11.9. The minimum Gasteiger partial charge on any atom is -0.343 e. The summed E-state index contributed by atoms with van der Waals surface area (Å²) in [6, 6.07) is 0. The molecule has 2 heteroatoms. The number of hydrogen-bond donors (Lipinski definition) is 0. The van der Waals surface area contributed by atoms with Crippen LogP contribution in [0.1, 0.15) is 110 Å². The van der Waals surface area contributed by atoms with Crippen LogP contribution in [0, 0.1) is 0 Å². The fourth-order valence-corrected chi connectivity index (χ4v) is 3.48. The van der Waals surface area contributed by atoms with E-state index in [1.807, 2.05) is 0 Å². The lowest BCUT2D eigenvalue weighted by Crippen LogP contribution is -2.27. The summed E-state index contributed by atoms with van der Waals surface area (Å²) in [6.45, 7) is 4.25. The number of carbonyl (C=O) groups excluding carboxylic acids is 1.